The van der Waals surface area contributed by atoms with Crippen LogP contribution in [0.3, 0.4) is 0 Å². The summed E-state index contributed by atoms with van der Waals surface area (Å²) < 4.78 is 10.1. The Morgan fingerprint density at radius 1 is 1.03 bits per heavy atom. The van der Waals surface area contributed by atoms with Crippen molar-refractivity contribution < 1.29 is 28.7 Å². The molecule has 0 aliphatic rings. The summed E-state index contributed by atoms with van der Waals surface area (Å²) in [6, 6.07) is 12.5. The number of carbonyl (C=O) groups is 4. The van der Waals surface area contributed by atoms with Crippen molar-refractivity contribution in [1.82, 2.24) is 15.5 Å². The molecule has 0 aromatic heterocycles. The van der Waals surface area contributed by atoms with Gasteiger partial charge in [-0.15, -0.1) is 6.58 Å². The molecule has 2 unspecified atom stereocenters. The van der Waals surface area contributed by atoms with Crippen molar-refractivity contribution in [1.29, 1.82) is 0 Å². The molecule has 3 amide bonds. The highest BCUT2D eigenvalue weighted by Gasteiger charge is 2.36. The first-order valence-electron chi connectivity index (χ1n) is 12.7. The number of carbonyl (C=O) groups excluding carboxylic acids is 4. The number of benzene rings is 2. The first-order chi connectivity index (χ1) is 18.4. The van der Waals surface area contributed by atoms with E-state index in [-0.39, 0.29) is 19.5 Å². The fourth-order valence-corrected chi connectivity index (χ4v) is 3.90. The lowest BCUT2D eigenvalue weighted by atomic mass is 9.97. The summed E-state index contributed by atoms with van der Waals surface area (Å²) in [7, 11) is 1.22. The highest BCUT2D eigenvalue weighted by atomic mass is 16.6. The molecule has 2 atom stereocenters. The highest BCUT2D eigenvalue weighted by molar-refractivity contribution is 5.93. The lowest BCUT2D eigenvalue weighted by Gasteiger charge is -2.34. The Morgan fingerprint density at radius 2 is 1.69 bits per heavy atom. The third-order valence-corrected chi connectivity index (χ3v) is 5.92. The largest absolute Gasteiger partial charge is 0.468 e. The standard InChI is InChI=1S/C30H39N3O6/c1-8-16-33(26(27(35)31-19-25(34)38-7)23-15-14-20(2)21(3)17-23)28(36)24(18-22-12-10-9-11-13-22)32-29(37)39-30(4,5)6/h8-15,17,24,26H,1,16,18-19H2,2-7H3,(H,31,35)(H,32,37). The Balaban J connectivity index is 2.54. The Hall–Kier alpha value is -4.14. The summed E-state index contributed by atoms with van der Waals surface area (Å²) in [5, 5.41) is 5.26. The molecule has 2 rings (SSSR count). The Bertz CT molecular complexity index is 1170. The monoisotopic (exact) mass is 537 g/mol. The van der Waals surface area contributed by atoms with E-state index in [1.165, 1.54) is 18.1 Å². The van der Waals surface area contributed by atoms with Crippen LogP contribution >= 0.6 is 0 Å². The van der Waals surface area contributed by atoms with Gasteiger partial charge < -0.3 is 25.0 Å². The van der Waals surface area contributed by atoms with Gasteiger partial charge in [-0.2, -0.15) is 0 Å². The van der Waals surface area contributed by atoms with Crippen LogP contribution in [0.15, 0.2) is 61.2 Å². The zero-order valence-electron chi connectivity index (χ0n) is 23.6. The molecule has 9 nitrogen and oxygen atoms in total. The van der Waals surface area contributed by atoms with Gasteiger partial charge in [-0.3, -0.25) is 14.4 Å². The van der Waals surface area contributed by atoms with E-state index < -0.39 is 41.6 Å². The van der Waals surface area contributed by atoms with Gasteiger partial charge in [-0.05, 0) is 56.9 Å². The number of alkyl carbamates (subject to hydrolysis) is 1. The number of rotatable bonds is 11. The summed E-state index contributed by atoms with van der Waals surface area (Å²) in [6.07, 6.45) is 0.913. The number of aryl methyl sites for hydroxylation is 2. The molecule has 0 radical (unpaired) electrons. The lowest BCUT2D eigenvalue weighted by molar-refractivity contribution is -0.144. The number of esters is 1. The van der Waals surface area contributed by atoms with Crippen molar-refractivity contribution in [3.63, 3.8) is 0 Å². The average Bonchev–Trinajstić information content (AvgIpc) is 2.87. The smallest absolute Gasteiger partial charge is 0.408 e. The molecule has 0 aliphatic carbocycles. The molecule has 0 saturated heterocycles. The second-order valence-corrected chi connectivity index (χ2v) is 10.2. The summed E-state index contributed by atoms with van der Waals surface area (Å²) in [6.45, 7) is 12.5. The van der Waals surface area contributed by atoms with E-state index in [0.29, 0.717) is 5.56 Å². The third-order valence-electron chi connectivity index (χ3n) is 5.92. The average molecular weight is 538 g/mol. The predicted molar refractivity (Wildman–Crippen MR) is 149 cm³/mol. The zero-order chi connectivity index (χ0) is 29.2. The Morgan fingerprint density at radius 3 is 2.26 bits per heavy atom. The second-order valence-electron chi connectivity index (χ2n) is 10.2. The Kier molecular flexibility index (Phi) is 11.3. The second kappa shape index (κ2) is 14.1. The molecule has 0 spiro atoms. The van der Waals surface area contributed by atoms with Crippen molar-refractivity contribution >= 4 is 23.9 Å². The van der Waals surface area contributed by atoms with Gasteiger partial charge in [0.05, 0.1) is 7.11 Å². The number of methoxy groups -OCH3 is 1. The molecular formula is C30H39N3O6. The van der Waals surface area contributed by atoms with Gasteiger partial charge in [0.15, 0.2) is 0 Å². The van der Waals surface area contributed by atoms with E-state index >= 15 is 0 Å². The summed E-state index contributed by atoms with van der Waals surface area (Å²) in [5.41, 5.74) is 2.52. The fraction of sp³-hybridized carbons (Fsp3) is 0.400. The van der Waals surface area contributed by atoms with Crippen molar-refractivity contribution in [2.24, 2.45) is 0 Å². The van der Waals surface area contributed by atoms with Crippen LogP contribution in [0.1, 0.15) is 49.1 Å². The molecule has 39 heavy (non-hydrogen) atoms. The molecule has 210 valence electrons. The number of nitrogens with one attached hydrogen (secondary N) is 2. The predicted octanol–water partition coefficient (Wildman–Crippen LogP) is 3.78. The van der Waals surface area contributed by atoms with Gasteiger partial charge >= 0.3 is 12.1 Å². The molecule has 0 heterocycles. The zero-order valence-corrected chi connectivity index (χ0v) is 23.6. The van der Waals surface area contributed by atoms with Crippen LogP contribution in [0.4, 0.5) is 4.79 Å². The van der Waals surface area contributed by atoms with Gasteiger partial charge in [0.2, 0.25) is 11.8 Å². The SMILES string of the molecule is C=CCN(C(=O)C(Cc1ccccc1)NC(=O)OC(C)(C)C)C(C(=O)NCC(=O)OC)c1ccc(C)c(C)c1. The van der Waals surface area contributed by atoms with Gasteiger partial charge in [-0.25, -0.2) is 4.79 Å². The quantitative estimate of drug-likeness (QED) is 0.333. The van der Waals surface area contributed by atoms with Crippen LogP contribution < -0.4 is 10.6 Å². The number of nitrogens with zero attached hydrogens (tertiary/aromatic N) is 1. The van der Waals surface area contributed by atoms with Crippen LogP contribution in [0, 0.1) is 13.8 Å². The molecule has 0 bridgehead atoms. The normalized spacial score (nSPS) is 12.5. The van der Waals surface area contributed by atoms with E-state index in [9.17, 15) is 19.2 Å². The highest BCUT2D eigenvalue weighted by Crippen LogP contribution is 2.25. The third kappa shape index (κ3) is 9.59. The summed E-state index contributed by atoms with van der Waals surface area (Å²) in [5.74, 6) is -1.71. The summed E-state index contributed by atoms with van der Waals surface area (Å²) >= 11 is 0. The number of amides is 3. The molecule has 2 aromatic rings. The minimum atomic E-state index is -1.11. The molecular weight excluding hydrogens is 498 g/mol. The number of hydrogen-bond acceptors (Lipinski definition) is 6. The van der Waals surface area contributed by atoms with Crippen molar-refractivity contribution in [3.05, 3.63) is 83.4 Å². The molecule has 0 saturated carbocycles. The minimum Gasteiger partial charge on any atom is -0.468 e. The topological polar surface area (TPSA) is 114 Å². The van der Waals surface area contributed by atoms with Crippen molar-refractivity contribution in [3.8, 4) is 0 Å². The lowest BCUT2D eigenvalue weighted by Crippen LogP contribution is -2.54. The van der Waals surface area contributed by atoms with Crippen molar-refractivity contribution in [2.75, 3.05) is 20.2 Å². The van der Waals surface area contributed by atoms with Gasteiger partial charge in [0, 0.05) is 13.0 Å². The number of ether oxygens (including phenoxy) is 2. The van der Waals surface area contributed by atoms with E-state index in [0.717, 1.165) is 16.7 Å². The Labute approximate surface area is 230 Å². The summed E-state index contributed by atoms with van der Waals surface area (Å²) in [4.78, 5) is 53.5. The molecule has 2 aromatic carbocycles. The maximum Gasteiger partial charge on any atom is 0.408 e. The first kappa shape index (κ1) is 31.1. The van der Waals surface area contributed by atoms with E-state index in [1.807, 2.05) is 56.3 Å². The maximum absolute atomic E-state index is 14.1. The van der Waals surface area contributed by atoms with Crippen LogP contribution in [-0.2, 0) is 30.3 Å². The van der Waals surface area contributed by atoms with Crippen LogP contribution in [-0.4, -0.2) is 60.6 Å². The van der Waals surface area contributed by atoms with Gasteiger partial charge in [-0.1, -0.05) is 54.6 Å². The number of hydrogen-bond donors (Lipinski definition) is 2. The van der Waals surface area contributed by atoms with Crippen LogP contribution in [0.5, 0.6) is 0 Å². The van der Waals surface area contributed by atoms with Crippen molar-refractivity contribution in [2.45, 2.75) is 58.7 Å². The van der Waals surface area contributed by atoms with Crippen LogP contribution in [0.25, 0.3) is 0 Å². The molecule has 0 fully saturated rings. The minimum absolute atomic E-state index is 0.00333. The van der Waals surface area contributed by atoms with E-state index in [4.69, 9.17) is 4.74 Å². The van der Waals surface area contributed by atoms with Crippen LogP contribution in [0.2, 0.25) is 0 Å². The van der Waals surface area contributed by atoms with Gasteiger partial charge in [0.25, 0.3) is 0 Å². The first-order valence-corrected chi connectivity index (χ1v) is 12.7. The van der Waals surface area contributed by atoms with E-state index in [1.54, 1.807) is 26.8 Å². The van der Waals surface area contributed by atoms with E-state index in [2.05, 4.69) is 21.9 Å². The molecule has 0 aliphatic heterocycles. The molecule has 2 N–H and O–H groups in total. The maximum atomic E-state index is 14.1. The molecule has 9 heteroatoms. The van der Waals surface area contributed by atoms with Gasteiger partial charge in [0.1, 0.15) is 24.2 Å². The fourth-order valence-electron chi connectivity index (χ4n) is 3.90.